The van der Waals surface area contributed by atoms with Crippen molar-refractivity contribution in [2.24, 2.45) is 0 Å². The van der Waals surface area contributed by atoms with Crippen LogP contribution in [0, 0.1) is 0 Å². The maximum Gasteiger partial charge on any atom is 0.293 e. The van der Waals surface area contributed by atoms with Crippen LogP contribution in [0.3, 0.4) is 0 Å². The van der Waals surface area contributed by atoms with E-state index in [4.69, 9.17) is 9.15 Å². The monoisotopic (exact) mass is 468 g/mol. The van der Waals surface area contributed by atoms with Gasteiger partial charge in [-0.2, -0.15) is 0 Å². The topological polar surface area (TPSA) is 106 Å². The van der Waals surface area contributed by atoms with Gasteiger partial charge < -0.3 is 14.5 Å². The summed E-state index contributed by atoms with van der Waals surface area (Å²) in [6, 6.07) is 10.3. The van der Waals surface area contributed by atoms with Gasteiger partial charge in [0.2, 0.25) is 11.0 Å². The number of benzene rings is 1. The predicted octanol–water partition coefficient (Wildman–Crippen LogP) is 3.89. The summed E-state index contributed by atoms with van der Waals surface area (Å²) in [4.78, 5) is 24.0. The molecule has 140 valence electrons. The molecular weight excluding hydrogens is 456 g/mol. The lowest BCUT2D eigenvalue weighted by molar-refractivity contribution is -0.113. The van der Waals surface area contributed by atoms with Crippen LogP contribution in [0.25, 0.3) is 0 Å². The van der Waals surface area contributed by atoms with Crippen LogP contribution in [0.2, 0.25) is 0 Å². The van der Waals surface area contributed by atoms with Crippen LogP contribution in [0.4, 0.5) is 10.8 Å². The SMILES string of the molecule is COc1cccc(NC(=O)CSc2nnc(NC(=O)c3ccc(Br)o3)s2)c1. The van der Waals surface area contributed by atoms with Crippen molar-refractivity contribution in [2.75, 3.05) is 23.5 Å². The highest BCUT2D eigenvalue weighted by molar-refractivity contribution is 9.10. The Kier molecular flexibility index (Phi) is 6.48. The Hall–Kier alpha value is -2.37. The van der Waals surface area contributed by atoms with Crippen molar-refractivity contribution in [1.29, 1.82) is 0 Å². The number of methoxy groups -OCH3 is 1. The van der Waals surface area contributed by atoms with Crippen molar-refractivity contribution in [3.8, 4) is 5.75 Å². The van der Waals surface area contributed by atoms with Gasteiger partial charge in [-0.15, -0.1) is 10.2 Å². The van der Waals surface area contributed by atoms with Gasteiger partial charge in [0.25, 0.3) is 5.91 Å². The fourth-order valence-corrected chi connectivity index (χ4v) is 3.79. The number of carbonyl (C=O) groups excluding carboxylic acids is 2. The third-order valence-corrected chi connectivity index (χ3v) is 5.50. The van der Waals surface area contributed by atoms with Gasteiger partial charge in [-0.05, 0) is 40.2 Å². The quantitative estimate of drug-likeness (QED) is 0.400. The van der Waals surface area contributed by atoms with Gasteiger partial charge in [-0.1, -0.05) is 29.2 Å². The maximum absolute atomic E-state index is 12.1. The molecule has 11 heteroatoms. The molecule has 2 amide bonds. The molecule has 2 heterocycles. The highest BCUT2D eigenvalue weighted by Gasteiger charge is 2.14. The number of ether oxygens (including phenoxy) is 1. The summed E-state index contributed by atoms with van der Waals surface area (Å²) in [6.07, 6.45) is 0. The van der Waals surface area contributed by atoms with Crippen LogP contribution in [-0.4, -0.2) is 34.9 Å². The number of amides is 2. The second-order valence-corrected chi connectivity index (χ2v) is 7.98. The second kappa shape index (κ2) is 9.02. The third-order valence-electron chi connectivity index (χ3n) is 3.10. The van der Waals surface area contributed by atoms with E-state index in [9.17, 15) is 9.59 Å². The van der Waals surface area contributed by atoms with Crippen molar-refractivity contribution >= 4 is 61.7 Å². The van der Waals surface area contributed by atoms with Crippen molar-refractivity contribution in [2.45, 2.75) is 4.34 Å². The average Bonchev–Trinajstić information content (AvgIpc) is 3.29. The Balaban J connectivity index is 1.50. The molecular formula is C16H13BrN4O4S2. The number of carbonyl (C=O) groups is 2. The summed E-state index contributed by atoms with van der Waals surface area (Å²) in [5.41, 5.74) is 0.648. The molecule has 0 aliphatic rings. The molecule has 1 aromatic carbocycles. The van der Waals surface area contributed by atoms with Crippen LogP contribution >= 0.6 is 39.0 Å². The average molecular weight is 469 g/mol. The lowest BCUT2D eigenvalue weighted by Crippen LogP contribution is -2.13. The number of hydrogen-bond acceptors (Lipinski definition) is 8. The molecule has 0 saturated carbocycles. The van der Waals surface area contributed by atoms with E-state index in [1.165, 1.54) is 23.1 Å². The number of nitrogens with one attached hydrogen (secondary N) is 2. The Morgan fingerprint density at radius 1 is 1.26 bits per heavy atom. The van der Waals surface area contributed by atoms with Crippen LogP contribution in [0.15, 0.2) is 49.8 Å². The molecule has 0 spiro atoms. The number of rotatable bonds is 7. The van der Waals surface area contributed by atoms with Gasteiger partial charge in [-0.25, -0.2) is 0 Å². The third kappa shape index (κ3) is 5.55. The van der Waals surface area contributed by atoms with Crippen molar-refractivity contribution in [3.05, 3.63) is 46.8 Å². The summed E-state index contributed by atoms with van der Waals surface area (Å²) in [5, 5.41) is 13.5. The maximum atomic E-state index is 12.1. The Bertz CT molecular complexity index is 959. The van der Waals surface area contributed by atoms with Gasteiger partial charge in [-0.3, -0.25) is 14.9 Å². The zero-order chi connectivity index (χ0) is 19.2. The molecule has 0 saturated heterocycles. The molecule has 27 heavy (non-hydrogen) atoms. The molecule has 0 radical (unpaired) electrons. The van der Waals surface area contributed by atoms with Gasteiger partial charge in [0.05, 0.1) is 12.9 Å². The van der Waals surface area contributed by atoms with Crippen LogP contribution < -0.4 is 15.4 Å². The van der Waals surface area contributed by atoms with Gasteiger partial charge in [0.1, 0.15) is 5.75 Å². The van der Waals surface area contributed by atoms with E-state index in [1.54, 1.807) is 43.5 Å². The molecule has 0 fully saturated rings. The zero-order valence-electron chi connectivity index (χ0n) is 13.9. The first-order valence-electron chi connectivity index (χ1n) is 7.50. The number of anilines is 2. The van der Waals surface area contributed by atoms with E-state index in [-0.39, 0.29) is 17.4 Å². The van der Waals surface area contributed by atoms with Gasteiger partial charge in [0, 0.05) is 11.8 Å². The van der Waals surface area contributed by atoms with Crippen molar-refractivity contribution in [1.82, 2.24) is 10.2 Å². The first kappa shape index (κ1) is 19.4. The number of thioether (sulfide) groups is 1. The van der Waals surface area contributed by atoms with E-state index in [1.807, 2.05) is 0 Å². The Morgan fingerprint density at radius 3 is 2.85 bits per heavy atom. The van der Waals surface area contributed by atoms with E-state index in [0.29, 0.717) is 25.6 Å². The van der Waals surface area contributed by atoms with Crippen LogP contribution in [0.1, 0.15) is 10.6 Å². The summed E-state index contributed by atoms with van der Waals surface area (Å²) in [5.74, 6) is 0.362. The van der Waals surface area contributed by atoms with E-state index in [0.717, 1.165) is 0 Å². The smallest absolute Gasteiger partial charge is 0.293 e. The summed E-state index contributed by atoms with van der Waals surface area (Å²) < 4.78 is 11.3. The van der Waals surface area contributed by atoms with E-state index >= 15 is 0 Å². The van der Waals surface area contributed by atoms with Crippen molar-refractivity contribution in [3.63, 3.8) is 0 Å². The minimum atomic E-state index is -0.427. The Labute approximate surface area is 170 Å². The molecule has 0 atom stereocenters. The lowest BCUT2D eigenvalue weighted by Gasteiger charge is -2.06. The van der Waals surface area contributed by atoms with Crippen LogP contribution in [0.5, 0.6) is 5.75 Å². The zero-order valence-corrected chi connectivity index (χ0v) is 17.1. The standard InChI is InChI=1S/C16H13BrN4O4S2/c1-24-10-4-2-3-9(7-10)18-13(22)8-26-16-21-20-15(27-16)19-14(23)11-5-6-12(17)25-11/h2-7H,8H2,1H3,(H,18,22)(H,19,20,23). The summed E-state index contributed by atoms with van der Waals surface area (Å²) in [6.45, 7) is 0. The molecule has 2 N–H and O–H groups in total. The first-order valence-corrected chi connectivity index (χ1v) is 10.1. The largest absolute Gasteiger partial charge is 0.497 e. The fraction of sp³-hybridized carbons (Fsp3) is 0.125. The molecule has 0 unspecified atom stereocenters. The molecule has 3 aromatic rings. The minimum absolute atomic E-state index is 0.156. The van der Waals surface area contributed by atoms with E-state index < -0.39 is 5.91 Å². The number of hydrogen-bond donors (Lipinski definition) is 2. The normalized spacial score (nSPS) is 10.4. The first-order chi connectivity index (χ1) is 13.0. The molecule has 2 aromatic heterocycles. The molecule has 3 rings (SSSR count). The second-order valence-electron chi connectivity index (χ2n) is 5.00. The molecule has 0 aliphatic heterocycles. The van der Waals surface area contributed by atoms with Crippen LogP contribution in [-0.2, 0) is 4.79 Å². The number of halogens is 1. The Morgan fingerprint density at radius 2 is 2.11 bits per heavy atom. The highest BCUT2D eigenvalue weighted by Crippen LogP contribution is 2.26. The molecule has 8 nitrogen and oxygen atoms in total. The van der Waals surface area contributed by atoms with Gasteiger partial charge >= 0.3 is 0 Å². The van der Waals surface area contributed by atoms with Crippen molar-refractivity contribution < 1.29 is 18.7 Å². The fourth-order valence-electron chi connectivity index (χ4n) is 1.94. The number of aromatic nitrogens is 2. The lowest BCUT2D eigenvalue weighted by atomic mass is 10.3. The number of furan rings is 1. The van der Waals surface area contributed by atoms with E-state index in [2.05, 4.69) is 36.8 Å². The number of nitrogens with zero attached hydrogens (tertiary/aromatic N) is 2. The molecule has 0 aliphatic carbocycles. The minimum Gasteiger partial charge on any atom is -0.497 e. The summed E-state index contributed by atoms with van der Waals surface area (Å²) in [7, 11) is 1.56. The highest BCUT2D eigenvalue weighted by atomic mass is 79.9. The van der Waals surface area contributed by atoms with Gasteiger partial charge in [0.15, 0.2) is 14.8 Å². The molecule has 0 bridgehead atoms. The predicted molar refractivity (Wildman–Crippen MR) is 107 cm³/mol. The summed E-state index contributed by atoms with van der Waals surface area (Å²) >= 11 is 5.53.